The maximum Gasteiger partial charge on any atom is 0.252 e. The molecule has 6 nitrogen and oxygen atoms in total. The molecule has 2 rings (SSSR count). The van der Waals surface area contributed by atoms with Crippen molar-refractivity contribution in [3.05, 3.63) is 52.5 Å². The zero-order valence-corrected chi connectivity index (χ0v) is 13.2. The normalized spacial score (nSPS) is 12.1. The molecule has 0 saturated heterocycles. The molecule has 118 valence electrons. The molecular weight excluding hydrogens is 280 g/mol. The summed E-state index contributed by atoms with van der Waals surface area (Å²) in [6.45, 7) is 4.54. The number of hydrogen-bond donors (Lipinski definition) is 1. The number of nitrogens with zero attached hydrogens (tertiary/aromatic N) is 3. The average molecular weight is 302 g/mol. The highest BCUT2D eigenvalue weighted by atomic mass is 16.2. The molecule has 0 aliphatic heterocycles. The van der Waals surface area contributed by atoms with Gasteiger partial charge in [-0.2, -0.15) is 0 Å². The molecule has 0 fully saturated rings. The van der Waals surface area contributed by atoms with E-state index >= 15 is 0 Å². The van der Waals surface area contributed by atoms with Gasteiger partial charge in [0.05, 0.1) is 6.04 Å². The van der Waals surface area contributed by atoms with Crippen LogP contribution in [0.15, 0.2) is 35.5 Å². The molecule has 0 spiro atoms. The number of imidazole rings is 1. The number of amides is 1. The lowest BCUT2D eigenvalue weighted by molar-refractivity contribution is 0.0931. The minimum atomic E-state index is -0.248. The van der Waals surface area contributed by atoms with Crippen molar-refractivity contribution in [3.63, 3.8) is 0 Å². The van der Waals surface area contributed by atoms with Gasteiger partial charge in [0.1, 0.15) is 5.82 Å². The van der Waals surface area contributed by atoms with Gasteiger partial charge in [-0.3, -0.25) is 9.59 Å². The largest absolute Gasteiger partial charge is 0.342 e. The first kappa shape index (κ1) is 16.0. The summed E-state index contributed by atoms with van der Waals surface area (Å²) in [5.41, 5.74) is 0.212. The number of aromatic nitrogens is 3. The molecule has 1 atom stereocenters. The van der Waals surface area contributed by atoms with Gasteiger partial charge in [-0.05, 0) is 19.4 Å². The predicted molar refractivity (Wildman–Crippen MR) is 84.7 cm³/mol. The average Bonchev–Trinajstić information content (AvgIpc) is 2.92. The van der Waals surface area contributed by atoms with Gasteiger partial charge in [-0.15, -0.1) is 0 Å². The summed E-state index contributed by atoms with van der Waals surface area (Å²) in [6, 6.07) is 2.88. The topological polar surface area (TPSA) is 68.9 Å². The number of hydrogen-bond acceptors (Lipinski definition) is 3. The highest BCUT2D eigenvalue weighted by molar-refractivity contribution is 5.94. The molecular formula is C16H22N4O2. The Morgan fingerprint density at radius 3 is 2.68 bits per heavy atom. The van der Waals surface area contributed by atoms with Crippen LogP contribution in [0.1, 0.15) is 48.9 Å². The van der Waals surface area contributed by atoms with Gasteiger partial charge < -0.3 is 14.5 Å². The standard InChI is InChI=1S/C16H22N4O2/c1-4-6-13(15-17-8-10-19(15)3)18-16(22)12-7-9-20(5-2)14(21)11-12/h7-11,13H,4-6H2,1-3H3,(H,18,22). The molecule has 2 heterocycles. The fraction of sp³-hybridized carbons (Fsp3) is 0.438. The van der Waals surface area contributed by atoms with Gasteiger partial charge in [0, 0.05) is 43.8 Å². The second-order valence-corrected chi connectivity index (χ2v) is 5.25. The molecule has 1 amide bonds. The van der Waals surface area contributed by atoms with E-state index in [4.69, 9.17) is 0 Å². The third-order valence-corrected chi connectivity index (χ3v) is 3.65. The quantitative estimate of drug-likeness (QED) is 0.885. The van der Waals surface area contributed by atoms with E-state index in [-0.39, 0.29) is 17.5 Å². The summed E-state index contributed by atoms with van der Waals surface area (Å²) in [4.78, 5) is 28.5. The lowest BCUT2D eigenvalue weighted by Gasteiger charge is -2.18. The summed E-state index contributed by atoms with van der Waals surface area (Å²) < 4.78 is 3.45. The highest BCUT2D eigenvalue weighted by Gasteiger charge is 2.18. The second kappa shape index (κ2) is 7.06. The Kier molecular flexibility index (Phi) is 5.14. The Morgan fingerprint density at radius 2 is 2.14 bits per heavy atom. The summed E-state index contributed by atoms with van der Waals surface area (Å²) in [6.07, 6.45) is 6.93. The molecule has 1 N–H and O–H groups in total. The van der Waals surface area contributed by atoms with E-state index in [1.54, 1.807) is 23.0 Å². The SMILES string of the molecule is CCCC(NC(=O)c1ccn(CC)c(=O)c1)c1nccn1C. The van der Waals surface area contributed by atoms with Crippen molar-refractivity contribution in [1.82, 2.24) is 19.4 Å². The van der Waals surface area contributed by atoms with Gasteiger partial charge in [-0.25, -0.2) is 4.98 Å². The van der Waals surface area contributed by atoms with Crippen LogP contribution < -0.4 is 10.9 Å². The lowest BCUT2D eigenvalue weighted by Crippen LogP contribution is -2.31. The van der Waals surface area contributed by atoms with Gasteiger partial charge in [-0.1, -0.05) is 13.3 Å². The van der Waals surface area contributed by atoms with E-state index in [0.717, 1.165) is 18.7 Å². The third-order valence-electron chi connectivity index (χ3n) is 3.65. The van der Waals surface area contributed by atoms with E-state index in [1.807, 2.05) is 24.7 Å². The molecule has 0 aliphatic carbocycles. The van der Waals surface area contributed by atoms with Crippen LogP contribution in [0.4, 0.5) is 0 Å². The molecule has 22 heavy (non-hydrogen) atoms. The predicted octanol–water partition coefficient (Wildman–Crippen LogP) is 1.87. The zero-order valence-electron chi connectivity index (χ0n) is 13.2. The summed E-state index contributed by atoms with van der Waals surface area (Å²) in [5, 5.41) is 2.97. The maximum absolute atomic E-state index is 12.4. The van der Waals surface area contributed by atoms with Crippen molar-refractivity contribution in [3.8, 4) is 0 Å². The van der Waals surface area contributed by atoms with E-state index in [2.05, 4.69) is 17.2 Å². The molecule has 2 aromatic heterocycles. The Balaban J connectivity index is 2.20. The van der Waals surface area contributed by atoms with Crippen molar-refractivity contribution in [2.75, 3.05) is 0 Å². The summed E-state index contributed by atoms with van der Waals surface area (Å²) in [7, 11) is 1.90. The molecule has 0 saturated carbocycles. The van der Waals surface area contributed by atoms with Crippen molar-refractivity contribution in [2.45, 2.75) is 39.3 Å². The summed E-state index contributed by atoms with van der Waals surface area (Å²) in [5.74, 6) is 0.568. The highest BCUT2D eigenvalue weighted by Crippen LogP contribution is 2.16. The van der Waals surface area contributed by atoms with Crippen LogP contribution in [0, 0.1) is 0 Å². The minimum absolute atomic E-state index is 0.161. The minimum Gasteiger partial charge on any atom is -0.342 e. The van der Waals surface area contributed by atoms with E-state index in [9.17, 15) is 9.59 Å². The van der Waals surface area contributed by atoms with Crippen molar-refractivity contribution >= 4 is 5.91 Å². The van der Waals surface area contributed by atoms with E-state index < -0.39 is 0 Å². The smallest absolute Gasteiger partial charge is 0.252 e. The van der Waals surface area contributed by atoms with Gasteiger partial charge >= 0.3 is 0 Å². The van der Waals surface area contributed by atoms with Crippen LogP contribution >= 0.6 is 0 Å². The van der Waals surface area contributed by atoms with Crippen LogP contribution in [0.3, 0.4) is 0 Å². The van der Waals surface area contributed by atoms with Gasteiger partial charge in [0.2, 0.25) is 0 Å². The first-order valence-corrected chi connectivity index (χ1v) is 7.55. The van der Waals surface area contributed by atoms with Crippen LogP contribution in [0.5, 0.6) is 0 Å². The van der Waals surface area contributed by atoms with Crippen molar-refractivity contribution < 1.29 is 4.79 Å². The maximum atomic E-state index is 12.4. The lowest BCUT2D eigenvalue weighted by atomic mass is 10.1. The fourth-order valence-electron chi connectivity index (χ4n) is 2.42. The Morgan fingerprint density at radius 1 is 1.36 bits per heavy atom. The first-order chi connectivity index (χ1) is 10.6. The second-order valence-electron chi connectivity index (χ2n) is 5.25. The van der Waals surface area contributed by atoms with E-state index in [1.165, 1.54) is 6.07 Å². The molecule has 0 aliphatic rings. The third kappa shape index (κ3) is 3.44. The van der Waals surface area contributed by atoms with Crippen LogP contribution in [-0.4, -0.2) is 20.0 Å². The number of carbonyl (C=O) groups excluding carboxylic acids is 1. The zero-order chi connectivity index (χ0) is 16.1. The number of aryl methyl sites for hydroxylation is 2. The van der Waals surface area contributed by atoms with Crippen LogP contribution in [-0.2, 0) is 13.6 Å². The molecule has 2 aromatic rings. The van der Waals surface area contributed by atoms with Crippen molar-refractivity contribution in [1.29, 1.82) is 0 Å². The first-order valence-electron chi connectivity index (χ1n) is 7.55. The molecule has 6 heteroatoms. The fourth-order valence-corrected chi connectivity index (χ4v) is 2.42. The number of pyridine rings is 1. The monoisotopic (exact) mass is 302 g/mol. The Bertz CT molecular complexity index is 702. The van der Waals surface area contributed by atoms with Gasteiger partial charge in [0.25, 0.3) is 11.5 Å². The number of nitrogens with one attached hydrogen (secondary N) is 1. The molecule has 0 aromatic carbocycles. The summed E-state index contributed by atoms with van der Waals surface area (Å²) >= 11 is 0. The van der Waals surface area contributed by atoms with E-state index in [0.29, 0.717) is 12.1 Å². The molecule has 0 bridgehead atoms. The Hall–Kier alpha value is -2.37. The number of carbonyl (C=O) groups is 1. The van der Waals surface area contributed by atoms with Crippen LogP contribution in [0.2, 0.25) is 0 Å². The van der Waals surface area contributed by atoms with Gasteiger partial charge in [0.15, 0.2) is 0 Å². The number of rotatable bonds is 6. The molecule has 0 radical (unpaired) electrons. The van der Waals surface area contributed by atoms with Crippen molar-refractivity contribution in [2.24, 2.45) is 7.05 Å². The van der Waals surface area contributed by atoms with Crippen LogP contribution in [0.25, 0.3) is 0 Å². The Labute approximate surface area is 129 Å². The molecule has 1 unspecified atom stereocenters.